The van der Waals surface area contributed by atoms with Crippen molar-refractivity contribution in [2.75, 3.05) is 11.9 Å². The minimum absolute atomic E-state index is 0.127. The molecule has 0 fully saturated rings. The molecule has 3 heteroatoms. The van der Waals surface area contributed by atoms with Gasteiger partial charge in [-0.1, -0.05) is 38.0 Å². The Hall–Kier alpha value is -1.51. The number of nitrogens with one attached hydrogen (secondary N) is 1. The van der Waals surface area contributed by atoms with Gasteiger partial charge in [0.15, 0.2) is 0 Å². The lowest BCUT2D eigenvalue weighted by atomic mass is 10.1. The molecule has 0 saturated carbocycles. The highest BCUT2D eigenvalue weighted by Gasteiger charge is 2.27. The second-order valence-corrected chi connectivity index (χ2v) is 4.43. The summed E-state index contributed by atoms with van der Waals surface area (Å²) in [6.45, 7) is 2.68. The maximum Gasteiger partial charge on any atom is 0.328 e. The van der Waals surface area contributed by atoms with E-state index < -0.39 is 0 Å². The molecule has 17 heavy (non-hydrogen) atoms. The van der Waals surface area contributed by atoms with E-state index in [-0.39, 0.29) is 12.0 Å². The highest BCUT2D eigenvalue weighted by Crippen LogP contribution is 2.25. The summed E-state index contributed by atoms with van der Waals surface area (Å²) in [5.41, 5.74) is 2.26. The monoisotopic (exact) mass is 233 g/mol. The van der Waals surface area contributed by atoms with Crippen molar-refractivity contribution in [3.63, 3.8) is 0 Å². The van der Waals surface area contributed by atoms with Crippen LogP contribution in [0.3, 0.4) is 0 Å². The van der Waals surface area contributed by atoms with Crippen LogP contribution in [0.25, 0.3) is 0 Å². The molecule has 0 aliphatic carbocycles. The molecule has 0 amide bonds. The molecule has 0 bridgehead atoms. The van der Waals surface area contributed by atoms with Gasteiger partial charge in [0.2, 0.25) is 0 Å². The molecule has 1 heterocycles. The molecule has 0 spiro atoms. The van der Waals surface area contributed by atoms with E-state index in [4.69, 9.17) is 4.74 Å². The molecule has 1 aromatic rings. The molecular weight excluding hydrogens is 214 g/mol. The van der Waals surface area contributed by atoms with Crippen LogP contribution in [0.5, 0.6) is 0 Å². The average Bonchev–Trinajstić information content (AvgIpc) is 2.78. The van der Waals surface area contributed by atoms with E-state index in [0.717, 1.165) is 31.4 Å². The minimum atomic E-state index is -0.200. The standard InChI is InChI=1S/C14H19NO2/c1-2-3-6-9-17-14(16)13-10-11-7-4-5-8-12(11)15-13/h4-5,7-8,13,15H,2-3,6,9-10H2,1H3. The van der Waals surface area contributed by atoms with Gasteiger partial charge < -0.3 is 10.1 Å². The van der Waals surface area contributed by atoms with Crippen LogP contribution in [0.2, 0.25) is 0 Å². The SMILES string of the molecule is CCCCCOC(=O)C1Cc2ccccc2N1. The molecular formula is C14H19NO2. The third-order valence-corrected chi connectivity index (χ3v) is 3.05. The second-order valence-electron chi connectivity index (χ2n) is 4.43. The lowest BCUT2D eigenvalue weighted by molar-refractivity contribution is -0.144. The zero-order chi connectivity index (χ0) is 12.1. The average molecular weight is 233 g/mol. The maximum atomic E-state index is 11.8. The van der Waals surface area contributed by atoms with Crippen molar-refractivity contribution < 1.29 is 9.53 Å². The van der Waals surface area contributed by atoms with Crippen molar-refractivity contribution in [1.82, 2.24) is 0 Å². The van der Waals surface area contributed by atoms with Gasteiger partial charge in [-0.3, -0.25) is 0 Å². The smallest absolute Gasteiger partial charge is 0.328 e. The number of esters is 1. The van der Waals surface area contributed by atoms with Crippen LogP contribution < -0.4 is 5.32 Å². The van der Waals surface area contributed by atoms with E-state index in [1.807, 2.05) is 24.3 Å². The van der Waals surface area contributed by atoms with Gasteiger partial charge in [-0.15, -0.1) is 0 Å². The van der Waals surface area contributed by atoms with Crippen LogP contribution in [0.1, 0.15) is 31.7 Å². The number of rotatable bonds is 5. The van der Waals surface area contributed by atoms with Gasteiger partial charge in [0.25, 0.3) is 0 Å². The number of ether oxygens (including phenoxy) is 1. The summed E-state index contributed by atoms with van der Waals surface area (Å²) in [5.74, 6) is -0.127. The number of fused-ring (bicyclic) bond motifs is 1. The number of benzene rings is 1. The first-order valence-corrected chi connectivity index (χ1v) is 6.32. The summed E-state index contributed by atoms with van der Waals surface area (Å²) in [6.07, 6.45) is 3.96. The fraction of sp³-hybridized carbons (Fsp3) is 0.500. The number of hydrogen-bond acceptors (Lipinski definition) is 3. The number of anilines is 1. The van der Waals surface area contributed by atoms with Gasteiger partial charge in [0, 0.05) is 12.1 Å². The summed E-state index contributed by atoms with van der Waals surface area (Å²) in [6, 6.07) is 7.82. The maximum absolute atomic E-state index is 11.8. The van der Waals surface area contributed by atoms with E-state index >= 15 is 0 Å². The van der Waals surface area contributed by atoms with Crippen LogP contribution in [0, 0.1) is 0 Å². The van der Waals surface area contributed by atoms with Crippen molar-refractivity contribution in [2.24, 2.45) is 0 Å². The Morgan fingerprint density at radius 3 is 3.00 bits per heavy atom. The van der Waals surface area contributed by atoms with Gasteiger partial charge in [-0.25, -0.2) is 4.79 Å². The molecule has 92 valence electrons. The third-order valence-electron chi connectivity index (χ3n) is 3.05. The molecule has 0 aromatic heterocycles. The van der Waals surface area contributed by atoms with Crippen LogP contribution in [0.15, 0.2) is 24.3 Å². The molecule has 1 aliphatic heterocycles. The highest BCUT2D eigenvalue weighted by atomic mass is 16.5. The second kappa shape index (κ2) is 5.71. The van der Waals surface area contributed by atoms with Crippen LogP contribution in [0.4, 0.5) is 5.69 Å². The number of carbonyl (C=O) groups is 1. The Morgan fingerprint density at radius 1 is 1.41 bits per heavy atom. The van der Waals surface area contributed by atoms with E-state index in [1.54, 1.807) is 0 Å². The van der Waals surface area contributed by atoms with Gasteiger partial charge in [-0.2, -0.15) is 0 Å². The largest absolute Gasteiger partial charge is 0.464 e. The van der Waals surface area contributed by atoms with Crippen molar-refractivity contribution in [1.29, 1.82) is 0 Å². The van der Waals surface area contributed by atoms with Crippen LogP contribution in [-0.4, -0.2) is 18.6 Å². The fourth-order valence-electron chi connectivity index (χ4n) is 2.07. The first kappa shape index (κ1) is 12.0. The van der Waals surface area contributed by atoms with E-state index in [1.165, 1.54) is 5.56 Å². The Kier molecular flexibility index (Phi) is 4.02. The van der Waals surface area contributed by atoms with Gasteiger partial charge in [0.05, 0.1) is 6.61 Å². The lowest BCUT2D eigenvalue weighted by Crippen LogP contribution is -2.29. The molecule has 1 unspecified atom stereocenters. The zero-order valence-electron chi connectivity index (χ0n) is 10.2. The van der Waals surface area contributed by atoms with Crippen molar-refractivity contribution in [3.05, 3.63) is 29.8 Å². The predicted molar refractivity (Wildman–Crippen MR) is 68.0 cm³/mol. The van der Waals surface area contributed by atoms with Crippen LogP contribution in [-0.2, 0) is 16.0 Å². The Labute approximate surface area is 102 Å². The molecule has 1 atom stereocenters. The number of para-hydroxylation sites is 1. The zero-order valence-corrected chi connectivity index (χ0v) is 10.2. The third kappa shape index (κ3) is 2.99. The van der Waals surface area contributed by atoms with Crippen molar-refractivity contribution in [2.45, 2.75) is 38.6 Å². The van der Waals surface area contributed by atoms with E-state index in [9.17, 15) is 4.79 Å². The lowest BCUT2D eigenvalue weighted by Gasteiger charge is -2.10. The molecule has 0 saturated heterocycles. The predicted octanol–water partition coefficient (Wildman–Crippen LogP) is 2.76. The van der Waals surface area contributed by atoms with E-state index in [0.29, 0.717) is 6.61 Å². The van der Waals surface area contributed by atoms with Gasteiger partial charge in [0.1, 0.15) is 6.04 Å². The first-order valence-electron chi connectivity index (χ1n) is 6.32. The quantitative estimate of drug-likeness (QED) is 0.627. The van der Waals surface area contributed by atoms with E-state index in [2.05, 4.69) is 12.2 Å². The Bertz CT molecular complexity index is 365. The van der Waals surface area contributed by atoms with Crippen LogP contribution >= 0.6 is 0 Å². The van der Waals surface area contributed by atoms with Crippen molar-refractivity contribution >= 4 is 11.7 Å². The summed E-state index contributed by atoms with van der Waals surface area (Å²) < 4.78 is 5.26. The summed E-state index contributed by atoms with van der Waals surface area (Å²) in [5, 5.41) is 3.20. The summed E-state index contributed by atoms with van der Waals surface area (Å²) in [4.78, 5) is 11.8. The molecule has 1 N–H and O–H groups in total. The van der Waals surface area contributed by atoms with Crippen molar-refractivity contribution in [3.8, 4) is 0 Å². The fourth-order valence-corrected chi connectivity index (χ4v) is 2.07. The summed E-state index contributed by atoms with van der Waals surface area (Å²) >= 11 is 0. The van der Waals surface area contributed by atoms with Gasteiger partial charge >= 0.3 is 5.97 Å². The number of unbranched alkanes of at least 4 members (excludes halogenated alkanes) is 2. The molecule has 1 aliphatic rings. The number of hydrogen-bond donors (Lipinski definition) is 1. The topological polar surface area (TPSA) is 38.3 Å². The molecule has 3 nitrogen and oxygen atoms in total. The molecule has 1 aromatic carbocycles. The normalized spacial score (nSPS) is 17.4. The minimum Gasteiger partial charge on any atom is -0.464 e. The van der Waals surface area contributed by atoms with Gasteiger partial charge in [-0.05, 0) is 18.1 Å². The number of carbonyl (C=O) groups excluding carboxylic acids is 1. The summed E-state index contributed by atoms with van der Waals surface area (Å²) in [7, 11) is 0. The first-order chi connectivity index (χ1) is 8.31. The molecule has 0 radical (unpaired) electrons. The Balaban J connectivity index is 1.80. The Morgan fingerprint density at radius 2 is 2.24 bits per heavy atom. The highest BCUT2D eigenvalue weighted by molar-refractivity contribution is 5.82. The molecule has 2 rings (SSSR count).